The SMILES string of the molecule is [2H][C@@](CC)(c1ccccc1)C(F)(F)F. The quantitative estimate of drug-likeness (QED) is 0.664. The highest BCUT2D eigenvalue weighted by atomic mass is 19.4. The molecule has 13 heavy (non-hydrogen) atoms. The van der Waals surface area contributed by atoms with Crippen molar-refractivity contribution >= 4 is 0 Å². The smallest absolute Gasteiger partial charge is 0.170 e. The van der Waals surface area contributed by atoms with E-state index in [-0.39, 0.29) is 12.0 Å². The normalized spacial score (nSPS) is 17.7. The Morgan fingerprint density at radius 3 is 2.23 bits per heavy atom. The van der Waals surface area contributed by atoms with Gasteiger partial charge in [0.1, 0.15) is 0 Å². The van der Waals surface area contributed by atoms with E-state index in [1.165, 1.54) is 31.2 Å². The first-order valence-electron chi connectivity index (χ1n) is 4.54. The van der Waals surface area contributed by atoms with Crippen LogP contribution in [0.1, 0.15) is 26.2 Å². The maximum atomic E-state index is 12.6. The zero-order chi connectivity index (χ0) is 10.8. The van der Waals surface area contributed by atoms with Gasteiger partial charge in [0, 0.05) is 1.37 Å². The second-order valence-corrected chi connectivity index (χ2v) is 2.70. The van der Waals surface area contributed by atoms with Crippen LogP contribution >= 0.6 is 0 Å². The van der Waals surface area contributed by atoms with E-state index in [0.717, 1.165) is 0 Å². The molecule has 1 rings (SSSR count). The highest BCUT2D eigenvalue weighted by Gasteiger charge is 2.38. The third-order valence-corrected chi connectivity index (χ3v) is 1.82. The molecule has 0 saturated carbocycles. The van der Waals surface area contributed by atoms with E-state index < -0.39 is 12.1 Å². The van der Waals surface area contributed by atoms with Crippen molar-refractivity contribution in [2.24, 2.45) is 0 Å². The highest BCUT2D eigenvalue weighted by molar-refractivity contribution is 5.20. The third-order valence-electron chi connectivity index (χ3n) is 1.82. The van der Waals surface area contributed by atoms with Gasteiger partial charge >= 0.3 is 6.18 Å². The van der Waals surface area contributed by atoms with E-state index in [0.29, 0.717) is 0 Å². The summed E-state index contributed by atoms with van der Waals surface area (Å²) in [5.41, 5.74) is -0.00463. The van der Waals surface area contributed by atoms with Crippen molar-refractivity contribution < 1.29 is 14.5 Å². The predicted molar refractivity (Wildman–Crippen MR) is 45.5 cm³/mol. The summed E-state index contributed by atoms with van der Waals surface area (Å²) in [7, 11) is 0. The van der Waals surface area contributed by atoms with Gasteiger partial charge in [-0.3, -0.25) is 0 Å². The fraction of sp³-hybridized carbons (Fsp3) is 0.400. The van der Waals surface area contributed by atoms with Crippen LogP contribution in [0.5, 0.6) is 0 Å². The molecule has 0 unspecified atom stereocenters. The molecule has 0 aliphatic carbocycles. The lowest BCUT2D eigenvalue weighted by Crippen LogP contribution is -2.19. The molecule has 72 valence electrons. The van der Waals surface area contributed by atoms with E-state index in [1.54, 1.807) is 6.07 Å². The van der Waals surface area contributed by atoms with Gasteiger partial charge in [0.25, 0.3) is 0 Å². The maximum Gasteiger partial charge on any atom is 0.395 e. The van der Waals surface area contributed by atoms with Crippen molar-refractivity contribution in [1.29, 1.82) is 0 Å². The fourth-order valence-corrected chi connectivity index (χ4v) is 1.21. The number of benzene rings is 1. The van der Waals surface area contributed by atoms with E-state index in [1.807, 2.05) is 0 Å². The predicted octanol–water partition coefficient (Wildman–Crippen LogP) is 3.74. The molecule has 3 heteroatoms. The van der Waals surface area contributed by atoms with Crippen molar-refractivity contribution in [3.05, 3.63) is 35.9 Å². The maximum absolute atomic E-state index is 12.6. The largest absolute Gasteiger partial charge is 0.395 e. The van der Waals surface area contributed by atoms with Crippen LogP contribution in [0.15, 0.2) is 30.3 Å². The summed E-state index contributed by atoms with van der Waals surface area (Å²) in [6.45, 7) is 1.37. The Labute approximate surface area is 76.8 Å². The van der Waals surface area contributed by atoms with Gasteiger partial charge in [0.05, 0.1) is 5.89 Å². The van der Waals surface area contributed by atoms with Gasteiger partial charge < -0.3 is 0 Å². The number of hydrogen-bond acceptors (Lipinski definition) is 0. The van der Waals surface area contributed by atoms with Crippen LogP contribution < -0.4 is 0 Å². The molecule has 0 aliphatic heterocycles. The Hall–Kier alpha value is -0.990. The first-order valence-corrected chi connectivity index (χ1v) is 4.04. The van der Waals surface area contributed by atoms with Crippen LogP contribution in [0.4, 0.5) is 13.2 Å². The van der Waals surface area contributed by atoms with Gasteiger partial charge in [0.15, 0.2) is 0 Å². The molecule has 0 amide bonds. The molecule has 0 aliphatic rings. The summed E-state index contributed by atoms with van der Waals surface area (Å²) in [6, 6.07) is 7.34. The van der Waals surface area contributed by atoms with E-state index in [4.69, 9.17) is 1.37 Å². The minimum atomic E-state index is -4.52. The lowest BCUT2D eigenvalue weighted by atomic mass is 9.96. The van der Waals surface area contributed by atoms with Gasteiger partial charge in [-0.15, -0.1) is 0 Å². The molecule has 0 bridgehead atoms. The van der Waals surface area contributed by atoms with Crippen molar-refractivity contribution in [2.45, 2.75) is 25.4 Å². The molecular formula is C10H11F3. The van der Waals surface area contributed by atoms with E-state index in [9.17, 15) is 13.2 Å². The van der Waals surface area contributed by atoms with E-state index in [2.05, 4.69) is 0 Å². The lowest BCUT2D eigenvalue weighted by Gasteiger charge is -2.18. The molecule has 0 saturated heterocycles. The zero-order valence-corrected chi connectivity index (χ0v) is 7.23. The molecule has 0 N–H and O–H groups in total. The summed E-state index contributed by atoms with van der Waals surface area (Å²) in [5.74, 6) is -2.48. The van der Waals surface area contributed by atoms with Crippen LogP contribution in [0.2, 0.25) is 0 Å². The Morgan fingerprint density at radius 1 is 1.31 bits per heavy atom. The molecule has 0 fully saturated rings. The average Bonchev–Trinajstić information content (AvgIpc) is 2.16. The van der Waals surface area contributed by atoms with Crippen LogP contribution in [0, 0.1) is 0 Å². The topological polar surface area (TPSA) is 0 Å². The molecule has 1 aromatic rings. The van der Waals surface area contributed by atoms with E-state index >= 15 is 0 Å². The summed E-state index contributed by atoms with van der Waals surface area (Å²) in [6.07, 6.45) is -4.80. The molecule has 0 radical (unpaired) electrons. The van der Waals surface area contributed by atoms with Gasteiger partial charge in [-0.25, -0.2) is 0 Å². The Kier molecular flexibility index (Phi) is 2.52. The van der Waals surface area contributed by atoms with Crippen LogP contribution in [-0.2, 0) is 0 Å². The molecule has 0 aromatic heterocycles. The first-order chi connectivity index (χ1) is 6.42. The number of hydrogen-bond donors (Lipinski definition) is 0. The van der Waals surface area contributed by atoms with Crippen molar-refractivity contribution in [3.8, 4) is 0 Å². The number of rotatable bonds is 2. The van der Waals surface area contributed by atoms with Crippen LogP contribution in [0.3, 0.4) is 0 Å². The summed E-state index contributed by atoms with van der Waals surface area (Å²) in [4.78, 5) is 0. The van der Waals surface area contributed by atoms with Crippen molar-refractivity contribution in [2.75, 3.05) is 0 Å². The minimum Gasteiger partial charge on any atom is -0.170 e. The van der Waals surface area contributed by atoms with Crippen LogP contribution in [0.25, 0.3) is 0 Å². The summed E-state index contributed by atoms with van der Waals surface area (Å²) < 4.78 is 45.2. The van der Waals surface area contributed by atoms with Gasteiger partial charge in [-0.05, 0) is 12.0 Å². The third kappa shape index (κ3) is 2.47. The Bertz CT molecular complexity index is 294. The minimum absolute atomic E-state index is 0.00463. The van der Waals surface area contributed by atoms with Crippen LogP contribution in [-0.4, -0.2) is 6.18 Å². The van der Waals surface area contributed by atoms with Gasteiger partial charge in [-0.2, -0.15) is 13.2 Å². The molecular weight excluding hydrogens is 177 g/mol. The highest BCUT2D eigenvalue weighted by Crippen LogP contribution is 2.36. The Morgan fingerprint density at radius 2 is 1.85 bits per heavy atom. The second-order valence-electron chi connectivity index (χ2n) is 2.70. The molecule has 0 nitrogen and oxygen atoms in total. The molecule has 1 atom stereocenters. The van der Waals surface area contributed by atoms with Gasteiger partial charge in [0.2, 0.25) is 0 Å². The average molecular weight is 189 g/mol. The summed E-state index contributed by atoms with van der Waals surface area (Å²) in [5, 5.41) is 0. The number of halogens is 3. The molecule has 1 aromatic carbocycles. The lowest BCUT2D eigenvalue weighted by molar-refractivity contribution is -0.151. The number of alkyl halides is 3. The molecule has 0 spiro atoms. The fourth-order valence-electron chi connectivity index (χ4n) is 1.21. The molecule has 0 heterocycles. The zero-order valence-electron chi connectivity index (χ0n) is 8.23. The Balaban J connectivity index is 3.15. The van der Waals surface area contributed by atoms with Gasteiger partial charge in [-0.1, -0.05) is 37.3 Å². The first kappa shape index (κ1) is 8.60. The standard InChI is InChI=1S/C10H11F3/c1-2-9(10(11,12)13)8-6-4-3-5-7-8/h3-7,9H,2H2,1H3/t9-/m1/s1/i9D. The summed E-state index contributed by atoms with van der Waals surface area (Å²) >= 11 is 0. The monoisotopic (exact) mass is 189 g/mol. The van der Waals surface area contributed by atoms with Crippen molar-refractivity contribution in [3.63, 3.8) is 0 Å². The van der Waals surface area contributed by atoms with Crippen molar-refractivity contribution in [1.82, 2.24) is 0 Å². The second kappa shape index (κ2) is 3.81.